The SMILES string of the molecule is c1ccc(-c2nc(-c3ccccc3)nc(-c3c4ccccc4c(-c4ccccc4)c4ccccc34)n2)cc1.c1ccc(-c2nc(-c3ccccc3)nc(-c3cc4c5ccccc5c(-c5ccccc5)cc4c4ccccc34)n2)cc1.c1ccc(-c2nc(-c3ccccc3)nc(-c3ccc4c5c(cccc35)-c3ccccc3-4)n2)cc1.c1ccc(-c2nc(-c3ccccc3)nc(-c3ccc4ccc5cccc6ccc3c4c56)n2)cc1. The average Bonchev–Trinajstić information content (AvgIpc) is 1.49. The first-order chi connectivity index (χ1) is 73.4. The van der Waals surface area contributed by atoms with Gasteiger partial charge in [-0.1, -0.05) is 497 Å². The van der Waals surface area contributed by atoms with Gasteiger partial charge in [0.05, 0.1) is 0 Å². The van der Waals surface area contributed by atoms with E-state index in [-0.39, 0.29) is 0 Å². The molecule has 0 saturated carbocycles. The Bertz CT molecular complexity index is 9540. The van der Waals surface area contributed by atoms with Crippen molar-refractivity contribution in [3.8, 4) is 181 Å². The van der Waals surface area contributed by atoms with Gasteiger partial charge in [0.25, 0.3) is 0 Å². The zero-order chi connectivity index (χ0) is 98.2. The Morgan fingerprint density at radius 3 is 0.703 bits per heavy atom. The van der Waals surface area contributed by atoms with E-state index in [0.717, 1.165) is 93.7 Å². The summed E-state index contributed by atoms with van der Waals surface area (Å²) >= 11 is 0. The molecule has 1 aliphatic rings. The van der Waals surface area contributed by atoms with Crippen LogP contribution in [0.15, 0.2) is 522 Å². The third kappa shape index (κ3) is 16.7. The summed E-state index contributed by atoms with van der Waals surface area (Å²) in [5.74, 6) is 8.06. The minimum atomic E-state index is 0.660. The van der Waals surface area contributed by atoms with Crippen molar-refractivity contribution in [2.45, 2.75) is 0 Å². The van der Waals surface area contributed by atoms with Crippen LogP contribution in [0, 0.1) is 0 Å². The molecule has 0 spiro atoms. The van der Waals surface area contributed by atoms with Crippen LogP contribution in [-0.2, 0) is 0 Å². The smallest absolute Gasteiger partial charge is 0.165 e. The van der Waals surface area contributed by atoms with Crippen molar-refractivity contribution < 1.29 is 0 Å². The maximum absolute atomic E-state index is 5.08. The van der Waals surface area contributed by atoms with Crippen molar-refractivity contribution in [2.24, 2.45) is 0 Å². The molecule has 0 fully saturated rings. The van der Waals surface area contributed by atoms with Crippen LogP contribution in [0.4, 0.5) is 0 Å². The maximum Gasteiger partial charge on any atom is 0.165 e. The summed E-state index contributed by atoms with van der Waals surface area (Å²) < 4.78 is 0. The topological polar surface area (TPSA) is 155 Å². The van der Waals surface area contributed by atoms with E-state index >= 15 is 0 Å². The normalized spacial score (nSPS) is 11.4. The van der Waals surface area contributed by atoms with Crippen LogP contribution in [0.5, 0.6) is 0 Å². The van der Waals surface area contributed by atoms with E-state index in [2.05, 4.69) is 279 Å². The third-order valence-corrected chi connectivity index (χ3v) is 27.8. The number of nitrogens with zero attached hydrogens (tertiary/aromatic N) is 12. The Hall–Kier alpha value is -20.1. The molecule has 1 aliphatic carbocycles. The highest BCUT2D eigenvalue weighted by Gasteiger charge is 2.28. The molecule has 4 heterocycles. The molecule has 148 heavy (non-hydrogen) atoms. The van der Waals surface area contributed by atoms with Gasteiger partial charge in [-0.2, -0.15) is 0 Å². The predicted molar refractivity (Wildman–Crippen MR) is 609 cm³/mol. The molecule has 0 bridgehead atoms. The summed E-state index contributed by atoms with van der Waals surface area (Å²) in [6.45, 7) is 0. The highest BCUT2D eigenvalue weighted by Crippen LogP contribution is 2.51. The van der Waals surface area contributed by atoms with E-state index in [1.807, 2.05) is 243 Å². The van der Waals surface area contributed by atoms with Crippen molar-refractivity contribution in [1.82, 2.24) is 59.8 Å². The standard InChI is InChI=1S/C39H25N3.C35H23N3.2C31H19N3/c1-4-14-26(15-5-1)33-24-34-31-22-12-13-23-32(31)36(25-35(34)30-21-11-10-20-29(30)33)39-41-37(27-16-6-2-7-17-27)40-38(42-39)28-18-8-3-9-19-28;1-4-14-24(15-5-1)31-27-20-10-12-22-29(27)32(30-23-13-11-21-28(30)31)35-37-33(25-16-6-2-7-17-25)36-34(38-35)26-18-8-3-9-19-26;1-3-10-20(11-4-1)29-32-30(21-12-5-2-6-13-21)34-31(33-29)27-19-18-26-23-15-8-7-14-22(23)24-16-9-17-25(27)28(24)26;1-3-8-23(9-4-1)29-32-30(24-10-5-2-6-11-24)34-31(33-29)26-19-17-22-15-14-20-12-7-13-21-16-18-25(26)28(22)27(20)21/h1-25H;1-23H;2*1-19H. The second-order valence-corrected chi connectivity index (χ2v) is 36.7. The van der Waals surface area contributed by atoms with Gasteiger partial charge < -0.3 is 0 Å². The lowest BCUT2D eigenvalue weighted by Crippen LogP contribution is -2.01. The number of fused-ring (bicyclic) bond motifs is 10. The lowest BCUT2D eigenvalue weighted by Gasteiger charge is -2.17. The lowest BCUT2D eigenvalue weighted by molar-refractivity contribution is 1.08. The summed E-state index contributed by atoms with van der Waals surface area (Å²) in [7, 11) is 0. The summed E-state index contributed by atoms with van der Waals surface area (Å²) in [6.07, 6.45) is 0. The summed E-state index contributed by atoms with van der Waals surface area (Å²) in [6, 6.07) is 180. The van der Waals surface area contributed by atoms with Crippen molar-refractivity contribution in [1.29, 1.82) is 0 Å². The fraction of sp³-hybridized carbons (Fsp3) is 0. The fourth-order valence-corrected chi connectivity index (χ4v) is 20.9. The number of aromatic nitrogens is 12. The Balaban J connectivity index is 0.000000100. The molecule has 28 aromatic rings. The Morgan fingerprint density at radius 1 is 0.0946 bits per heavy atom. The van der Waals surface area contributed by atoms with Gasteiger partial charge >= 0.3 is 0 Å². The van der Waals surface area contributed by atoms with Crippen molar-refractivity contribution in [2.75, 3.05) is 0 Å². The predicted octanol–water partition coefficient (Wildman–Crippen LogP) is 34.3. The van der Waals surface area contributed by atoms with Gasteiger partial charge in [0.2, 0.25) is 0 Å². The van der Waals surface area contributed by atoms with Gasteiger partial charge in [-0.3, -0.25) is 0 Å². The van der Waals surface area contributed by atoms with Gasteiger partial charge in [0, 0.05) is 66.8 Å². The second-order valence-electron chi connectivity index (χ2n) is 36.7. The van der Waals surface area contributed by atoms with Crippen LogP contribution in [0.1, 0.15) is 0 Å². The largest absolute Gasteiger partial charge is 0.208 e. The first-order valence-electron chi connectivity index (χ1n) is 49.6. The van der Waals surface area contributed by atoms with E-state index in [4.69, 9.17) is 59.8 Å². The van der Waals surface area contributed by atoms with Crippen LogP contribution in [0.3, 0.4) is 0 Å². The molecular formula is C136H86N12. The molecule has 4 aromatic heterocycles. The summed E-state index contributed by atoms with van der Waals surface area (Å²) in [5, 5.41) is 21.6. The van der Waals surface area contributed by atoms with Gasteiger partial charge in [0.1, 0.15) is 0 Å². The van der Waals surface area contributed by atoms with Gasteiger partial charge in [-0.05, 0) is 166 Å². The molecule has 12 nitrogen and oxygen atoms in total. The molecule has 12 heteroatoms. The third-order valence-electron chi connectivity index (χ3n) is 27.8. The maximum atomic E-state index is 5.08. The van der Waals surface area contributed by atoms with Crippen LogP contribution in [-0.4, -0.2) is 59.8 Å². The van der Waals surface area contributed by atoms with E-state index in [1.54, 1.807) is 0 Å². The van der Waals surface area contributed by atoms with Gasteiger partial charge in [-0.25, -0.2) is 59.8 Å². The van der Waals surface area contributed by atoms with Gasteiger partial charge in [0.15, 0.2) is 69.9 Å². The minimum Gasteiger partial charge on any atom is -0.208 e. The molecule has 0 saturated heterocycles. The first kappa shape index (κ1) is 88.1. The molecule has 0 aliphatic heterocycles. The highest BCUT2D eigenvalue weighted by molar-refractivity contribution is 6.27. The van der Waals surface area contributed by atoms with Gasteiger partial charge in [-0.15, -0.1) is 0 Å². The fourth-order valence-electron chi connectivity index (χ4n) is 20.9. The molecule has 690 valence electrons. The number of hydrogen-bond acceptors (Lipinski definition) is 12. The number of hydrogen-bond donors (Lipinski definition) is 0. The molecule has 0 unspecified atom stereocenters. The van der Waals surface area contributed by atoms with E-state index in [1.165, 1.54) is 115 Å². The van der Waals surface area contributed by atoms with Crippen LogP contribution in [0.2, 0.25) is 0 Å². The molecular weight excluding hydrogens is 1800 g/mol. The summed E-state index contributed by atoms with van der Waals surface area (Å²) in [4.78, 5) is 59.6. The Labute approximate surface area is 853 Å². The molecule has 0 atom stereocenters. The van der Waals surface area contributed by atoms with Crippen molar-refractivity contribution in [3.63, 3.8) is 0 Å². The summed E-state index contributed by atoms with van der Waals surface area (Å²) in [5.41, 5.74) is 21.7. The monoisotopic (exact) mass is 1890 g/mol. The molecule has 29 rings (SSSR count). The van der Waals surface area contributed by atoms with Crippen LogP contribution >= 0.6 is 0 Å². The number of rotatable bonds is 14. The zero-order valence-corrected chi connectivity index (χ0v) is 80.0. The van der Waals surface area contributed by atoms with Crippen LogP contribution in [0.25, 0.3) is 278 Å². The van der Waals surface area contributed by atoms with Crippen molar-refractivity contribution in [3.05, 3.63) is 522 Å². The van der Waals surface area contributed by atoms with E-state index < -0.39 is 0 Å². The molecule has 0 radical (unpaired) electrons. The number of benzene rings is 24. The quantitative estimate of drug-likeness (QED) is 0.0752. The Morgan fingerprint density at radius 2 is 0.324 bits per heavy atom. The first-order valence-corrected chi connectivity index (χ1v) is 49.6. The average molecular weight is 1890 g/mol. The molecule has 24 aromatic carbocycles. The van der Waals surface area contributed by atoms with Crippen molar-refractivity contribution >= 4 is 97.0 Å². The second kappa shape index (κ2) is 38.7. The lowest BCUT2D eigenvalue weighted by atomic mass is 9.88. The van der Waals surface area contributed by atoms with E-state index in [0.29, 0.717) is 69.9 Å². The zero-order valence-electron chi connectivity index (χ0n) is 80.0. The molecule has 0 amide bonds. The van der Waals surface area contributed by atoms with Crippen LogP contribution < -0.4 is 0 Å². The highest BCUT2D eigenvalue weighted by atomic mass is 15.1. The Kier molecular flexibility index (Phi) is 23.1. The van der Waals surface area contributed by atoms with E-state index in [9.17, 15) is 0 Å². The molecule has 0 N–H and O–H groups in total. The minimum absolute atomic E-state index is 0.660.